The maximum Gasteiger partial charge on any atom is 0.317 e. The highest BCUT2D eigenvalue weighted by atomic mass is 16.6. The summed E-state index contributed by atoms with van der Waals surface area (Å²) in [5, 5.41) is 2.83. The first-order valence-corrected chi connectivity index (χ1v) is 8.89. The number of hydrogen-bond donors (Lipinski definition) is 1. The summed E-state index contributed by atoms with van der Waals surface area (Å²) in [5.74, 6) is 1.21. The van der Waals surface area contributed by atoms with E-state index in [1.165, 1.54) is 0 Å². The van der Waals surface area contributed by atoms with Gasteiger partial charge in [-0.15, -0.1) is 0 Å². The second-order valence-corrected chi connectivity index (χ2v) is 6.81. The third kappa shape index (κ3) is 2.99. The third-order valence-electron chi connectivity index (χ3n) is 5.12. The van der Waals surface area contributed by atoms with E-state index in [1.807, 2.05) is 41.0 Å². The first-order chi connectivity index (χ1) is 12.1. The summed E-state index contributed by atoms with van der Waals surface area (Å²) in [6.07, 6.45) is 0.815. The summed E-state index contributed by atoms with van der Waals surface area (Å²) < 4.78 is 11.8. The monoisotopic (exact) mass is 345 g/mol. The number of rotatable bonds is 2. The molecule has 0 unspecified atom stereocenters. The van der Waals surface area contributed by atoms with Crippen molar-refractivity contribution in [2.75, 3.05) is 26.2 Å². The number of carbonyl (C=O) groups is 2. The molecule has 1 aromatic carbocycles. The molecule has 0 saturated carbocycles. The van der Waals surface area contributed by atoms with E-state index in [-0.39, 0.29) is 24.1 Å². The Morgan fingerprint density at radius 2 is 1.96 bits per heavy atom. The van der Waals surface area contributed by atoms with Crippen molar-refractivity contribution in [2.24, 2.45) is 0 Å². The fourth-order valence-corrected chi connectivity index (χ4v) is 3.81. The number of urea groups is 1. The van der Waals surface area contributed by atoms with Gasteiger partial charge in [-0.2, -0.15) is 0 Å². The van der Waals surface area contributed by atoms with Gasteiger partial charge in [0.1, 0.15) is 6.10 Å². The van der Waals surface area contributed by atoms with Gasteiger partial charge in [-0.3, -0.25) is 4.79 Å². The van der Waals surface area contributed by atoms with Gasteiger partial charge in [0.05, 0.1) is 6.04 Å². The van der Waals surface area contributed by atoms with Gasteiger partial charge < -0.3 is 24.6 Å². The Morgan fingerprint density at radius 1 is 1.20 bits per heavy atom. The topological polar surface area (TPSA) is 71.1 Å². The van der Waals surface area contributed by atoms with Crippen LogP contribution in [0.1, 0.15) is 19.8 Å². The molecule has 7 heteroatoms. The number of nitrogens with zero attached hydrogens (tertiary/aromatic N) is 2. The average Bonchev–Trinajstić information content (AvgIpc) is 3.06. The minimum Gasteiger partial charge on any atom is -0.482 e. The number of ether oxygens (including phenoxy) is 2. The van der Waals surface area contributed by atoms with Crippen LogP contribution in [0.3, 0.4) is 0 Å². The largest absolute Gasteiger partial charge is 0.482 e. The number of nitrogens with one attached hydrogen (secondary N) is 1. The van der Waals surface area contributed by atoms with Crippen LogP contribution >= 0.6 is 0 Å². The van der Waals surface area contributed by atoms with Crippen molar-refractivity contribution in [3.8, 4) is 11.5 Å². The second-order valence-electron chi connectivity index (χ2n) is 6.81. The maximum atomic E-state index is 13.0. The molecule has 2 saturated heterocycles. The molecule has 3 atom stereocenters. The van der Waals surface area contributed by atoms with E-state index < -0.39 is 6.10 Å². The lowest BCUT2D eigenvalue weighted by molar-refractivity contribution is -0.146. The van der Waals surface area contributed by atoms with Crippen molar-refractivity contribution < 1.29 is 19.1 Å². The van der Waals surface area contributed by atoms with Crippen molar-refractivity contribution in [1.82, 2.24) is 15.1 Å². The first kappa shape index (κ1) is 16.1. The van der Waals surface area contributed by atoms with E-state index in [4.69, 9.17) is 9.47 Å². The van der Waals surface area contributed by atoms with Crippen LogP contribution in [0.2, 0.25) is 0 Å². The number of fused-ring (bicyclic) bond motifs is 1. The smallest absolute Gasteiger partial charge is 0.317 e. The SMILES string of the molecule is C[C@@H]1Oc2ccccc2O[C@@H]1C(=O)N1CCC[C@@H](N2CCNC2=O)C1. The molecule has 0 radical (unpaired) electrons. The Balaban J connectivity index is 1.46. The number of amides is 3. The molecule has 0 aliphatic carbocycles. The van der Waals surface area contributed by atoms with E-state index >= 15 is 0 Å². The number of hydrogen-bond acceptors (Lipinski definition) is 4. The van der Waals surface area contributed by atoms with E-state index in [9.17, 15) is 9.59 Å². The van der Waals surface area contributed by atoms with Crippen LogP contribution in [0.5, 0.6) is 11.5 Å². The molecule has 7 nitrogen and oxygen atoms in total. The molecule has 0 bridgehead atoms. The number of para-hydroxylation sites is 2. The lowest BCUT2D eigenvalue weighted by atomic mass is 10.0. The predicted octanol–water partition coefficient (Wildman–Crippen LogP) is 1.23. The first-order valence-electron chi connectivity index (χ1n) is 8.89. The Bertz CT molecular complexity index is 680. The lowest BCUT2D eigenvalue weighted by Crippen LogP contribution is -2.56. The zero-order valence-electron chi connectivity index (χ0n) is 14.3. The molecule has 0 aromatic heterocycles. The fourth-order valence-electron chi connectivity index (χ4n) is 3.81. The van der Waals surface area contributed by atoms with Gasteiger partial charge in [0.25, 0.3) is 5.91 Å². The summed E-state index contributed by atoms with van der Waals surface area (Å²) in [5.41, 5.74) is 0. The molecule has 25 heavy (non-hydrogen) atoms. The highest BCUT2D eigenvalue weighted by molar-refractivity contribution is 5.83. The Labute approximate surface area is 146 Å². The molecule has 2 fully saturated rings. The van der Waals surface area contributed by atoms with E-state index in [1.54, 1.807) is 0 Å². The molecule has 3 amide bonds. The van der Waals surface area contributed by atoms with Crippen LogP contribution < -0.4 is 14.8 Å². The van der Waals surface area contributed by atoms with Gasteiger partial charge in [0.2, 0.25) is 6.10 Å². The lowest BCUT2D eigenvalue weighted by Gasteiger charge is -2.40. The quantitative estimate of drug-likeness (QED) is 0.875. The molecule has 134 valence electrons. The van der Waals surface area contributed by atoms with Crippen LogP contribution in [0.15, 0.2) is 24.3 Å². The number of piperidine rings is 1. The molecule has 3 aliphatic heterocycles. The van der Waals surface area contributed by atoms with Gasteiger partial charge in [-0.1, -0.05) is 12.1 Å². The number of likely N-dealkylation sites (tertiary alicyclic amines) is 1. The van der Waals surface area contributed by atoms with Crippen LogP contribution in [0, 0.1) is 0 Å². The average molecular weight is 345 g/mol. The van der Waals surface area contributed by atoms with Gasteiger partial charge in [0.15, 0.2) is 11.5 Å². The van der Waals surface area contributed by atoms with Crippen molar-refractivity contribution in [1.29, 1.82) is 0 Å². The van der Waals surface area contributed by atoms with Crippen molar-refractivity contribution in [2.45, 2.75) is 38.0 Å². The molecule has 3 heterocycles. The van der Waals surface area contributed by atoms with E-state index in [2.05, 4.69) is 5.32 Å². The van der Waals surface area contributed by atoms with Crippen LogP contribution in [-0.4, -0.2) is 66.2 Å². The second kappa shape index (κ2) is 6.46. The molecule has 0 spiro atoms. The van der Waals surface area contributed by atoms with Gasteiger partial charge in [-0.25, -0.2) is 4.79 Å². The van der Waals surface area contributed by atoms with Crippen molar-refractivity contribution >= 4 is 11.9 Å². The van der Waals surface area contributed by atoms with Gasteiger partial charge in [-0.05, 0) is 31.9 Å². The normalized spacial score (nSPS) is 28.7. The molecule has 4 rings (SSSR count). The standard InChI is InChI=1S/C18H23N3O4/c1-12-16(25-15-7-3-2-6-14(15)24-12)17(22)20-9-4-5-13(11-20)21-10-8-19-18(21)23/h2-3,6-7,12-13,16H,4-5,8-11H2,1H3,(H,19,23)/t12-,13+,16-/m0/s1. The van der Waals surface area contributed by atoms with E-state index in [0.717, 1.165) is 12.8 Å². The summed E-state index contributed by atoms with van der Waals surface area (Å²) in [6.45, 7) is 4.49. The molecular formula is C18H23N3O4. The molecule has 1 aromatic rings. The highest BCUT2D eigenvalue weighted by Gasteiger charge is 2.40. The van der Waals surface area contributed by atoms with Crippen LogP contribution in [0.25, 0.3) is 0 Å². The Morgan fingerprint density at radius 3 is 2.68 bits per heavy atom. The summed E-state index contributed by atoms with van der Waals surface area (Å²) in [4.78, 5) is 28.6. The summed E-state index contributed by atoms with van der Waals surface area (Å²) in [7, 11) is 0. The number of carbonyl (C=O) groups excluding carboxylic acids is 2. The zero-order valence-corrected chi connectivity index (χ0v) is 14.3. The zero-order chi connectivity index (χ0) is 17.4. The Kier molecular flexibility index (Phi) is 4.15. The minimum atomic E-state index is -0.652. The van der Waals surface area contributed by atoms with Crippen molar-refractivity contribution in [3.63, 3.8) is 0 Å². The van der Waals surface area contributed by atoms with Crippen molar-refractivity contribution in [3.05, 3.63) is 24.3 Å². The maximum absolute atomic E-state index is 13.0. The third-order valence-corrected chi connectivity index (χ3v) is 5.12. The molecular weight excluding hydrogens is 322 g/mol. The highest BCUT2D eigenvalue weighted by Crippen LogP contribution is 2.34. The van der Waals surface area contributed by atoms with Gasteiger partial charge in [0, 0.05) is 26.2 Å². The summed E-state index contributed by atoms with van der Waals surface area (Å²) >= 11 is 0. The minimum absolute atomic E-state index is 0.0288. The fraction of sp³-hybridized carbons (Fsp3) is 0.556. The van der Waals surface area contributed by atoms with Crippen LogP contribution in [0.4, 0.5) is 4.79 Å². The van der Waals surface area contributed by atoms with Crippen LogP contribution in [-0.2, 0) is 4.79 Å². The Hall–Kier alpha value is -2.44. The number of benzene rings is 1. The molecule has 1 N–H and O–H groups in total. The predicted molar refractivity (Wildman–Crippen MR) is 90.7 cm³/mol. The van der Waals surface area contributed by atoms with Gasteiger partial charge >= 0.3 is 6.03 Å². The van der Waals surface area contributed by atoms with E-state index in [0.29, 0.717) is 37.7 Å². The summed E-state index contributed by atoms with van der Waals surface area (Å²) in [6, 6.07) is 7.45. The molecule has 3 aliphatic rings.